The third-order valence-electron chi connectivity index (χ3n) is 3.68. The van der Waals surface area contributed by atoms with Crippen molar-refractivity contribution in [1.29, 1.82) is 0 Å². The van der Waals surface area contributed by atoms with E-state index < -0.39 is 5.97 Å². The highest BCUT2D eigenvalue weighted by molar-refractivity contribution is 5.83. The molecule has 2 aliphatic rings. The number of carboxylic acids is 1. The van der Waals surface area contributed by atoms with E-state index in [0.717, 1.165) is 19.0 Å². The van der Waals surface area contributed by atoms with Crippen LogP contribution in [0.3, 0.4) is 0 Å². The molecule has 2 rings (SSSR count). The van der Waals surface area contributed by atoms with E-state index in [-0.39, 0.29) is 18.5 Å². The first-order chi connectivity index (χ1) is 8.18. The second-order valence-corrected chi connectivity index (χ2v) is 4.73. The molecule has 3 unspecified atom stereocenters. The van der Waals surface area contributed by atoms with E-state index in [2.05, 4.69) is 10.6 Å². The molecule has 1 heterocycles. The molecule has 94 valence electrons. The molecule has 0 aromatic heterocycles. The van der Waals surface area contributed by atoms with Crippen LogP contribution >= 0.6 is 0 Å². The van der Waals surface area contributed by atoms with Crippen molar-refractivity contribution in [2.24, 2.45) is 11.8 Å². The molecule has 0 radical (unpaired) electrons. The second kappa shape index (κ2) is 5.31. The van der Waals surface area contributed by atoms with E-state index in [1.807, 2.05) is 0 Å². The van der Waals surface area contributed by atoms with Crippen LogP contribution in [-0.4, -0.2) is 36.1 Å². The lowest BCUT2D eigenvalue weighted by Crippen LogP contribution is -2.43. The average molecular weight is 238 g/mol. The first kappa shape index (κ1) is 12.1. The summed E-state index contributed by atoms with van der Waals surface area (Å²) < 4.78 is 0. The van der Waals surface area contributed by atoms with E-state index in [1.165, 1.54) is 18.9 Å². The van der Waals surface area contributed by atoms with Gasteiger partial charge in [0.15, 0.2) is 0 Å². The predicted molar refractivity (Wildman–Crippen MR) is 62.4 cm³/mol. The lowest BCUT2D eigenvalue weighted by Gasteiger charge is -2.16. The van der Waals surface area contributed by atoms with Gasteiger partial charge in [-0.1, -0.05) is 12.5 Å². The zero-order valence-electron chi connectivity index (χ0n) is 9.69. The van der Waals surface area contributed by atoms with E-state index in [0.29, 0.717) is 11.8 Å². The number of hydrogen-bond acceptors (Lipinski definition) is 3. The van der Waals surface area contributed by atoms with Crippen LogP contribution in [0.5, 0.6) is 0 Å². The van der Waals surface area contributed by atoms with Crippen molar-refractivity contribution in [2.75, 3.05) is 13.1 Å². The Kier molecular flexibility index (Phi) is 3.78. The molecule has 3 atom stereocenters. The molecule has 1 amide bonds. The minimum atomic E-state index is -0.992. The van der Waals surface area contributed by atoms with Crippen LogP contribution in [0.2, 0.25) is 0 Å². The lowest BCUT2D eigenvalue weighted by atomic mass is 9.94. The molecule has 3 N–H and O–H groups in total. The number of amides is 1. The van der Waals surface area contributed by atoms with Gasteiger partial charge in [0, 0.05) is 12.6 Å². The third-order valence-corrected chi connectivity index (χ3v) is 3.68. The minimum Gasteiger partial charge on any atom is -0.478 e. The normalized spacial score (nSPS) is 31.6. The lowest BCUT2D eigenvalue weighted by molar-refractivity contribution is -0.131. The zero-order chi connectivity index (χ0) is 12.3. The van der Waals surface area contributed by atoms with Gasteiger partial charge in [-0.25, -0.2) is 4.79 Å². The first-order valence-corrected chi connectivity index (χ1v) is 6.09. The molecule has 1 aliphatic heterocycles. The first-order valence-electron chi connectivity index (χ1n) is 6.09. The Morgan fingerprint density at radius 2 is 2.24 bits per heavy atom. The monoisotopic (exact) mass is 238 g/mol. The molecule has 0 aromatic carbocycles. The summed E-state index contributed by atoms with van der Waals surface area (Å²) in [5, 5.41) is 14.4. The van der Waals surface area contributed by atoms with Gasteiger partial charge in [0.2, 0.25) is 5.91 Å². The van der Waals surface area contributed by atoms with Crippen molar-refractivity contribution in [3.63, 3.8) is 0 Å². The Hall–Kier alpha value is -1.36. The summed E-state index contributed by atoms with van der Waals surface area (Å²) in [6.07, 6.45) is 6.06. The number of carbonyl (C=O) groups is 2. The molecule has 0 spiro atoms. The van der Waals surface area contributed by atoms with Crippen molar-refractivity contribution in [3.8, 4) is 0 Å². The van der Waals surface area contributed by atoms with Crippen molar-refractivity contribution < 1.29 is 14.7 Å². The van der Waals surface area contributed by atoms with Crippen LogP contribution in [0.4, 0.5) is 0 Å². The molecule has 1 saturated heterocycles. The quantitative estimate of drug-likeness (QED) is 0.608. The Balaban J connectivity index is 1.78. The van der Waals surface area contributed by atoms with Gasteiger partial charge in [-0.15, -0.1) is 0 Å². The smallest absolute Gasteiger partial charge is 0.328 e. The van der Waals surface area contributed by atoms with Crippen molar-refractivity contribution in [3.05, 3.63) is 12.2 Å². The Labute approximate surface area is 100 Å². The third kappa shape index (κ3) is 2.85. The molecule has 5 nitrogen and oxygen atoms in total. The Morgan fingerprint density at radius 3 is 3.00 bits per heavy atom. The number of nitrogens with one attached hydrogen (secondary N) is 2. The van der Waals surface area contributed by atoms with Gasteiger partial charge in [-0.05, 0) is 31.2 Å². The van der Waals surface area contributed by atoms with Crippen LogP contribution in [0, 0.1) is 11.8 Å². The molecular formula is C12H18N2O3. The van der Waals surface area contributed by atoms with Crippen molar-refractivity contribution >= 4 is 11.9 Å². The van der Waals surface area contributed by atoms with Gasteiger partial charge in [-0.2, -0.15) is 0 Å². The largest absolute Gasteiger partial charge is 0.478 e. The number of rotatable bonds is 4. The molecule has 2 fully saturated rings. The van der Waals surface area contributed by atoms with Crippen LogP contribution in [0.25, 0.3) is 0 Å². The summed E-state index contributed by atoms with van der Waals surface area (Å²) in [7, 11) is 0. The second-order valence-electron chi connectivity index (χ2n) is 4.73. The Bertz CT molecular complexity index is 341. The maximum atomic E-state index is 11.9. The molecular weight excluding hydrogens is 220 g/mol. The van der Waals surface area contributed by atoms with Gasteiger partial charge in [0.05, 0.1) is 6.04 Å². The molecule has 0 aromatic rings. The van der Waals surface area contributed by atoms with E-state index in [1.54, 1.807) is 0 Å². The summed E-state index contributed by atoms with van der Waals surface area (Å²) >= 11 is 0. The Morgan fingerprint density at radius 1 is 1.41 bits per heavy atom. The summed E-state index contributed by atoms with van der Waals surface area (Å²) in [5.74, 6) is 0.127. The van der Waals surface area contributed by atoms with Crippen LogP contribution in [0.15, 0.2) is 12.2 Å². The number of fused-ring (bicyclic) bond motifs is 1. The maximum Gasteiger partial charge on any atom is 0.328 e. The summed E-state index contributed by atoms with van der Waals surface area (Å²) in [5.41, 5.74) is 0. The number of carboxylic acid groups (broad SMARTS) is 1. The van der Waals surface area contributed by atoms with Gasteiger partial charge in [0.25, 0.3) is 0 Å². The van der Waals surface area contributed by atoms with Crippen LogP contribution < -0.4 is 10.6 Å². The van der Waals surface area contributed by atoms with E-state index in [9.17, 15) is 9.59 Å². The van der Waals surface area contributed by atoms with Gasteiger partial charge < -0.3 is 15.7 Å². The summed E-state index contributed by atoms with van der Waals surface area (Å²) in [6, 6.07) is -0.0827. The SMILES string of the molecule is O=C(O)/C=C/CNC(=O)C1NCC2CCCC21. The van der Waals surface area contributed by atoms with Crippen molar-refractivity contribution in [2.45, 2.75) is 25.3 Å². The van der Waals surface area contributed by atoms with E-state index >= 15 is 0 Å². The highest BCUT2D eigenvalue weighted by Crippen LogP contribution is 2.37. The summed E-state index contributed by atoms with van der Waals surface area (Å²) in [4.78, 5) is 22.1. The fourth-order valence-electron chi connectivity index (χ4n) is 2.90. The van der Waals surface area contributed by atoms with Gasteiger partial charge >= 0.3 is 5.97 Å². The molecule has 0 bridgehead atoms. The average Bonchev–Trinajstić information content (AvgIpc) is 2.85. The predicted octanol–water partition coefficient (Wildman–Crippen LogP) is 0.131. The number of hydrogen-bond donors (Lipinski definition) is 3. The number of aliphatic carboxylic acids is 1. The van der Waals surface area contributed by atoms with E-state index in [4.69, 9.17) is 5.11 Å². The fraction of sp³-hybridized carbons (Fsp3) is 0.667. The van der Waals surface area contributed by atoms with Gasteiger partial charge in [0.1, 0.15) is 0 Å². The molecule has 5 heteroatoms. The molecule has 1 saturated carbocycles. The minimum absolute atomic E-state index is 0.00515. The van der Waals surface area contributed by atoms with Gasteiger partial charge in [-0.3, -0.25) is 4.79 Å². The standard InChI is InChI=1S/C12H18N2O3/c15-10(16)5-2-6-13-12(17)11-9-4-1-3-8(9)7-14-11/h2,5,8-9,11,14H,1,3-4,6-7H2,(H,13,17)(H,15,16)/b5-2+. The van der Waals surface area contributed by atoms with Crippen molar-refractivity contribution in [1.82, 2.24) is 10.6 Å². The van der Waals surface area contributed by atoms with Crippen LogP contribution in [-0.2, 0) is 9.59 Å². The zero-order valence-corrected chi connectivity index (χ0v) is 9.69. The molecule has 1 aliphatic carbocycles. The fourth-order valence-corrected chi connectivity index (χ4v) is 2.90. The topological polar surface area (TPSA) is 78.4 Å². The summed E-state index contributed by atoms with van der Waals surface area (Å²) in [6.45, 7) is 1.22. The molecule has 17 heavy (non-hydrogen) atoms. The van der Waals surface area contributed by atoms with Crippen LogP contribution in [0.1, 0.15) is 19.3 Å². The highest BCUT2D eigenvalue weighted by Gasteiger charge is 2.42. The maximum absolute atomic E-state index is 11.9. The highest BCUT2D eigenvalue weighted by atomic mass is 16.4. The number of carbonyl (C=O) groups excluding carboxylic acids is 1.